The number of rotatable bonds is 8. The molecule has 0 fully saturated rings. The van der Waals surface area contributed by atoms with Gasteiger partial charge in [0.15, 0.2) is 0 Å². The molecule has 0 aliphatic carbocycles. The zero-order valence-electron chi connectivity index (χ0n) is 15.5. The Morgan fingerprint density at radius 3 is 2.54 bits per heavy atom. The van der Waals surface area contributed by atoms with Crippen LogP contribution >= 0.6 is 38.5 Å². The molecule has 0 spiro atoms. The largest absolute Gasteiger partial charge is 0.492 e. The molecule has 1 aromatic rings. The lowest BCUT2D eigenvalue weighted by Gasteiger charge is -2.23. The van der Waals surface area contributed by atoms with E-state index in [1.807, 2.05) is 27.7 Å². The first-order chi connectivity index (χ1) is 11.1. The smallest absolute Gasteiger partial charge is 0.311 e. The third kappa shape index (κ3) is 6.21. The van der Waals surface area contributed by atoms with Crippen molar-refractivity contribution in [3.05, 3.63) is 25.2 Å². The van der Waals surface area contributed by atoms with Crippen molar-refractivity contribution in [2.24, 2.45) is 11.3 Å². The van der Waals surface area contributed by atoms with Gasteiger partial charge in [-0.25, -0.2) is 0 Å². The van der Waals surface area contributed by atoms with Gasteiger partial charge in [0.2, 0.25) is 0 Å². The lowest BCUT2D eigenvalue weighted by molar-refractivity contribution is -0.155. The number of hydrogen-bond acceptors (Lipinski definition) is 3. The van der Waals surface area contributed by atoms with Crippen molar-refractivity contribution in [3.8, 4) is 5.75 Å². The minimum absolute atomic E-state index is 0.124. The maximum Gasteiger partial charge on any atom is 0.311 e. The monoisotopic (exact) mass is 510 g/mol. The van der Waals surface area contributed by atoms with Crippen LogP contribution in [-0.4, -0.2) is 19.2 Å². The summed E-state index contributed by atoms with van der Waals surface area (Å²) in [5.41, 5.74) is 1.83. The Hall–Kier alpha value is -0.300. The van der Waals surface area contributed by atoms with Crippen molar-refractivity contribution in [2.75, 3.05) is 13.2 Å². The quantitative estimate of drug-likeness (QED) is 0.242. The summed E-state index contributed by atoms with van der Waals surface area (Å²) < 4.78 is 13.6. The van der Waals surface area contributed by atoms with E-state index >= 15 is 0 Å². The highest BCUT2D eigenvalue weighted by atomic mass is 127. The molecule has 1 aromatic carbocycles. The highest BCUT2D eigenvalue weighted by molar-refractivity contribution is 14.1. The van der Waals surface area contributed by atoms with Gasteiger partial charge in [-0.3, -0.25) is 4.79 Å². The summed E-state index contributed by atoms with van der Waals surface area (Å²) in [4.78, 5) is 12.2. The van der Waals surface area contributed by atoms with Gasteiger partial charge in [-0.1, -0.05) is 29.8 Å². The SMILES string of the molecule is Cc1cc(Br)c(C)c(I)c1OCCCC(C)(C)C(=O)OCC(C)C. The molecule has 5 heteroatoms. The summed E-state index contributed by atoms with van der Waals surface area (Å²) in [5.74, 6) is 1.18. The molecule has 0 amide bonds. The second kappa shape index (κ2) is 9.41. The van der Waals surface area contributed by atoms with Crippen molar-refractivity contribution in [1.29, 1.82) is 0 Å². The van der Waals surface area contributed by atoms with Crippen LogP contribution in [0.3, 0.4) is 0 Å². The summed E-state index contributed by atoms with van der Waals surface area (Å²) in [6.07, 6.45) is 1.56. The number of aryl methyl sites for hydroxylation is 1. The van der Waals surface area contributed by atoms with E-state index in [1.54, 1.807) is 0 Å². The van der Waals surface area contributed by atoms with Crippen molar-refractivity contribution in [3.63, 3.8) is 0 Å². The molecule has 136 valence electrons. The number of carbonyl (C=O) groups is 1. The second-order valence-electron chi connectivity index (χ2n) is 7.27. The predicted molar refractivity (Wildman–Crippen MR) is 111 cm³/mol. The number of esters is 1. The molecule has 0 unspecified atom stereocenters. The van der Waals surface area contributed by atoms with Crippen LogP contribution in [0.5, 0.6) is 5.75 Å². The minimum Gasteiger partial charge on any atom is -0.492 e. The Labute approximate surface area is 168 Å². The molecule has 3 nitrogen and oxygen atoms in total. The minimum atomic E-state index is -0.476. The highest BCUT2D eigenvalue weighted by Crippen LogP contribution is 2.34. The average Bonchev–Trinajstić information content (AvgIpc) is 2.49. The van der Waals surface area contributed by atoms with E-state index in [0.29, 0.717) is 19.1 Å². The molecule has 0 aliphatic rings. The van der Waals surface area contributed by atoms with Gasteiger partial charge in [0.05, 0.1) is 22.2 Å². The van der Waals surface area contributed by atoms with E-state index in [2.05, 4.69) is 58.4 Å². The molecule has 0 heterocycles. The molecule has 0 saturated heterocycles. The van der Waals surface area contributed by atoms with Crippen LogP contribution < -0.4 is 4.74 Å². The number of halogens is 2. The van der Waals surface area contributed by atoms with E-state index in [4.69, 9.17) is 9.47 Å². The standard InChI is InChI=1S/C19H28BrIO3/c1-12(2)11-24-18(22)19(5,6)8-7-9-23-17-13(3)10-15(20)14(4)16(17)21/h10,12H,7-9,11H2,1-6H3. The molecular weight excluding hydrogens is 483 g/mol. The van der Waals surface area contributed by atoms with E-state index < -0.39 is 5.41 Å². The molecule has 0 aromatic heterocycles. The van der Waals surface area contributed by atoms with E-state index in [-0.39, 0.29) is 5.97 Å². The zero-order chi connectivity index (χ0) is 18.5. The molecule has 0 aliphatic heterocycles. The maximum atomic E-state index is 12.2. The van der Waals surface area contributed by atoms with Gasteiger partial charge in [-0.2, -0.15) is 0 Å². The fourth-order valence-electron chi connectivity index (χ4n) is 2.22. The summed E-state index contributed by atoms with van der Waals surface area (Å²) in [5, 5.41) is 0. The predicted octanol–water partition coefficient (Wildman–Crippen LogP) is 6.05. The molecule has 0 bridgehead atoms. The van der Waals surface area contributed by atoms with Crippen molar-refractivity contribution in [2.45, 2.75) is 54.4 Å². The number of benzene rings is 1. The van der Waals surface area contributed by atoms with Crippen molar-refractivity contribution < 1.29 is 14.3 Å². The van der Waals surface area contributed by atoms with Gasteiger partial charge < -0.3 is 9.47 Å². The molecule has 0 N–H and O–H groups in total. The van der Waals surface area contributed by atoms with Crippen molar-refractivity contribution in [1.82, 2.24) is 0 Å². The van der Waals surface area contributed by atoms with E-state index in [0.717, 1.165) is 32.2 Å². The average molecular weight is 511 g/mol. The summed E-state index contributed by atoms with van der Waals surface area (Å²) >= 11 is 5.89. The van der Waals surface area contributed by atoms with E-state index in [9.17, 15) is 4.79 Å². The van der Waals surface area contributed by atoms with Crippen LogP contribution in [0.2, 0.25) is 0 Å². The Morgan fingerprint density at radius 2 is 1.96 bits per heavy atom. The Kier molecular flexibility index (Phi) is 8.53. The van der Waals surface area contributed by atoms with Gasteiger partial charge in [0, 0.05) is 4.47 Å². The molecule has 24 heavy (non-hydrogen) atoms. The summed E-state index contributed by atoms with van der Waals surface area (Å²) in [6, 6.07) is 2.08. The van der Waals surface area contributed by atoms with Crippen LogP contribution in [0.4, 0.5) is 0 Å². The lowest BCUT2D eigenvalue weighted by Crippen LogP contribution is -2.28. The summed E-state index contributed by atoms with van der Waals surface area (Å²) in [7, 11) is 0. The van der Waals surface area contributed by atoms with Crippen LogP contribution in [0.25, 0.3) is 0 Å². The normalized spacial score (nSPS) is 11.7. The van der Waals surface area contributed by atoms with Gasteiger partial charge in [-0.15, -0.1) is 0 Å². The van der Waals surface area contributed by atoms with Gasteiger partial charge in [-0.05, 0) is 86.2 Å². The van der Waals surface area contributed by atoms with Crippen LogP contribution in [0.1, 0.15) is 51.7 Å². The maximum absolute atomic E-state index is 12.2. The first-order valence-electron chi connectivity index (χ1n) is 8.31. The molecular formula is C19H28BrIO3. The highest BCUT2D eigenvalue weighted by Gasteiger charge is 2.29. The fourth-order valence-corrected chi connectivity index (χ4v) is 4.00. The second-order valence-corrected chi connectivity index (χ2v) is 9.20. The zero-order valence-corrected chi connectivity index (χ0v) is 19.2. The summed E-state index contributed by atoms with van der Waals surface area (Å²) in [6.45, 7) is 13.2. The topological polar surface area (TPSA) is 35.5 Å². The molecule has 1 rings (SSSR count). The van der Waals surface area contributed by atoms with Crippen LogP contribution in [-0.2, 0) is 9.53 Å². The third-order valence-corrected chi connectivity index (χ3v) is 6.00. The molecule has 0 saturated carbocycles. The van der Waals surface area contributed by atoms with Gasteiger partial charge >= 0.3 is 5.97 Å². The fraction of sp³-hybridized carbons (Fsp3) is 0.632. The Morgan fingerprint density at radius 1 is 1.33 bits per heavy atom. The first kappa shape index (κ1) is 21.7. The third-order valence-electron chi connectivity index (χ3n) is 3.88. The number of carbonyl (C=O) groups excluding carboxylic acids is 1. The Balaban J connectivity index is 2.54. The van der Waals surface area contributed by atoms with Crippen LogP contribution in [0.15, 0.2) is 10.5 Å². The number of ether oxygens (including phenoxy) is 2. The van der Waals surface area contributed by atoms with Crippen molar-refractivity contribution >= 4 is 44.5 Å². The molecule has 0 radical (unpaired) electrons. The first-order valence-corrected chi connectivity index (χ1v) is 10.2. The lowest BCUT2D eigenvalue weighted by atomic mass is 9.88. The van der Waals surface area contributed by atoms with E-state index in [1.165, 1.54) is 5.56 Å². The van der Waals surface area contributed by atoms with Gasteiger partial charge in [0.25, 0.3) is 0 Å². The number of hydrogen-bond donors (Lipinski definition) is 0. The Bertz CT molecular complexity index is 582. The van der Waals surface area contributed by atoms with Gasteiger partial charge in [0.1, 0.15) is 5.75 Å². The van der Waals surface area contributed by atoms with Crippen LogP contribution in [0, 0.1) is 28.8 Å². The molecule has 0 atom stereocenters.